The number of hydrogen-bond acceptors (Lipinski definition) is 1. The first kappa shape index (κ1) is 10.5. The molecule has 0 saturated heterocycles. The van der Waals surface area contributed by atoms with Gasteiger partial charge in [0, 0.05) is 0 Å². The van der Waals surface area contributed by atoms with Crippen LogP contribution >= 0.6 is 7.60 Å². The summed E-state index contributed by atoms with van der Waals surface area (Å²) in [5.41, 5.74) is 0. The molecule has 3 nitrogen and oxygen atoms in total. The van der Waals surface area contributed by atoms with Crippen molar-refractivity contribution in [3.05, 3.63) is 23.8 Å². The van der Waals surface area contributed by atoms with Crippen LogP contribution in [0.4, 0.5) is 8.78 Å². The number of hydrogen-bond donors (Lipinski definition) is 2. The van der Waals surface area contributed by atoms with E-state index in [2.05, 4.69) is 0 Å². The first-order valence-corrected chi connectivity index (χ1v) is 4.22. The fourth-order valence-electron chi connectivity index (χ4n) is 0.428. The predicted molar refractivity (Wildman–Crippen MR) is 36.4 cm³/mol. The molecule has 64 valence electrons. The molecule has 0 aromatic rings. The molecule has 0 saturated carbocycles. The molecule has 0 radical (unpaired) electrons. The lowest BCUT2D eigenvalue weighted by molar-refractivity contribution is 0.383. The van der Waals surface area contributed by atoms with Crippen LogP contribution in [-0.4, -0.2) is 16.5 Å². The average molecular weight is 184 g/mol. The maximum atomic E-state index is 11.5. The van der Waals surface area contributed by atoms with Gasteiger partial charge in [0.05, 0.1) is 11.6 Å². The molecule has 0 aromatic heterocycles. The Kier molecular flexibility index (Phi) is 4.18. The minimum absolute atomic E-state index is 0.0550. The molecule has 0 heterocycles. The molecule has 0 fully saturated rings. The van der Waals surface area contributed by atoms with Crippen LogP contribution in [0.15, 0.2) is 23.8 Å². The van der Waals surface area contributed by atoms with E-state index in [1.54, 1.807) is 0 Å². The van der Waals surface area contributed by atoms with Gasteiger partial charge in [0.1, 0.15) is 6.67 Å². The van der Waals surface area contributed by atoms with Gasteiger partial charge in [-0.3, -0.25) is 4.57 Å². The zero-order valence-corrected chi connectivity index (χ0v) is 6.34. The number of alkyl halides is 1. The summed E-state index contributed by atoms with van der Waals surface area (Å²) in [7, 11) is -4.51. The molecule has 6 heteroatoms. The highest BCUT2D eigenvalue weighted by atomic mass is 31.2. The Labute approximate surface area is 62.2 Å². The summed E-state index contributed by atoms with van der Waals surface area (Å²) in [5, 5.41) is -0.650. The Balaban J connectivity index is 4.63. The Morgan fingerprint density at radius 3 is 2.36 bits per heavy atom. The van der Waals surface area contributed by atoms with E-state index >= 15 is 0 Å². The second-order valence-corrected chi connectivity index (χ2v) is 3.22. The fourth-order valence-corrected chi connectivity index (χ4v) is 0.985. The third-order valence-corrected chi connectivity index (χ3v) is 1.86. The van der Waals surface area contributed by atoms with Crippen LogP contribution in [0.1, 0.15) is 0 Å². The van der Waals surface area contributed by atoms with Gasteiger partial charge in [-0.25, -0.2) is 8.78 Å². The average Bonchev–Trinajstić information content (AvgIpc) is 1.85. The lowest BCUT2D eigenvalue weighted by Crippen LogP contribution is -1.82. The van der Waals surface area contributed by atoms with Gasteiger partial charge in [-0.05, 0) is 12.2 Å². The van der Waals surface area contributed by atoms with Crippen molar-refractivity contribution in [1.29, 1.82) is 0 Å². The molecule has 2 N–H and O–H groups in total. The largest absolute Gasteiger partial charge is 0.356 e. The zero-order chi connectivity index (χ0) is 8.91. The molecule has 0 aromatic carbocycles. The van der Waals surface area contributed by atoms with Gasteiger partial charge in [0.25, 0.3) is 0 Å². The standard InChI is InChI=1S/C5H7F2O3P/c6-3-1-5(2-4-7)11(8,9)10/h1-3H,4H2,(H2,8,9,10). The SMILES string of the molecule is O=P(O)(O)C(C=CF)=CCF. The van der Waals surface area contributed by atoms with Crippen molar-refractivity contribution in [2.45, 2.75) is 0 Å². The Bertz CT molecular complexity index is 218. The summed E-state index contributed by atoms with van der Waals surface area (Å²) in [6.45, 7) is -1.04. The van der Waals surface area contributed by atoms with Crippen molar-refractivity contribution in [2.75, 3.05) is 6.67 Å². The summed E-state index contributed by atoms with van der Waals surface area (Å²) in [6.07, 6.45) is 1.10. The normalized spacial score (nSPS) is 14.4. The second-order valence-electron chi connectivity index (χ2n) is 1.62. The van der Waals surface area contributed by atoms with E-state index in [-0.39, 0.29) is 6.33 Å². The van der Waals surface area contributed by atoms with Crippen molar-refractivity contribution in [3.8, 4) is 0 Å². The molecule has 11 heavy (non-hydrogen) atoms. The lowest BCUT2D eigenvalue weighted by atomic mass is 10.5. The van der Waals surface area contributed by atoms with Gasteiger partial charge >= 0.3 is 7.60 Å². The molecule has 0 atom stereocenters. The monoisotopic (exact) mass is 184 g/mol. The Hall–Kier alpha value is -0.510. The molecular weight excluding hydrogens is 177 g/mol. The van der Waals surface area contributed by atoms with E-state index in [1.807, 2.05) is 0 Å². The Morgan fingerprint density at radius 2 is 2.09 bits per heavy atom. The van der Waals surface area contributed by atoms with Gasteiger partial charge in [0.15, 0.2) is 0 Å². The van der Waals surface area contributed by atoms with Crippen LogP contribution in [0.25, 0.3) is 0 Å². The molecule has 0 unspecified atom stereocenters. The van der Waals surface area contributed by atoms with Gasteiger partial charge in [0.2, 0.25) is 0 Å². The number of rotatable bonds is 3. The van der Waals surface area contributed by atoms with Gasteiger partial charge in [-0.1, -0.05) is 0 Å². The van der Waals surface area contributed by atoms with Gasteiger partial charge in [-0.2, -0.15) is 0 Å². The van der Waals surface area contributed by atoms with Crippen LogP contribution in [-0.2, 0) is 4.57 Å². The van der Waals surface area contributed by atoms with Crippen LogP contribution in [0.2, 0.25) is 0 Å². The number of allylic oxidation sites excluding steroid dienone is 3. The van der Waals surface area contributed by atoms with Crippen molar-refractivity contribution in [3.63, 3.8) is 0 Å². The second kappa shape index (κ2) is 4.38. The number of halogens is 2. The van der Waals surface area contributed by atoms with E-state index in [1.165, 1.54) is 0 Å². The maximum absolute atomic E-state index is 11.5. The molecule has 0 aliphatic heterocycles. The highest BCUT2D eigenvalue weighted by Crippen LogP contribution is 2.45. The highest BCUT2D eigenvalue weighted by molar-refractivity contribution is 7.56. The minimum atomic E-state index is -4.51. The van der Waals surface area contributed by atoms with Gasteiger partial charge in [-0.15, -0.1) is 0 Å². The molecular formula is C5H7F2O3P. The first-order chi connectivity index (χ1) is 5.02. The minimum Gasteiger partial charge on any atom is -0.321 e. The molecule has 0 amide bonds. The highest BCUT2D eigenvalue weighted by Gasteiger charge is 2.17. The van der Waals surface area contributed by atoms with E-state index < -0.39 is 19.6 Å². The van der Waals surface area contributed by atoms with Crippen LogP contribution < -0.4 is 0 Å². The first-order valence-electron chi connectivity index (χ1n) is 2.61. The summed E-state index contributed by atoms with van der Waals surface area (Å²) in [5.74, 6) is 0. The molecule has 0 bridgehead atoms. The van der Waals surface area contributed by atoms with Crippen LogP contribution in [0, 0.1) is 0 Å². The van der Waals surface area contributed by atoms with Crippen LogP contribution in [0.3, 0.4) is 0 Å². The summed E-state index contributed by atoms with van der Waals surface area (Å²) < 4.78 is 33.3. The van der Waals surface area contributed by atoms with Crippen molar-refractivity contribution in [2.24, 2.45) is 0 Å². The molecule has 0 rings (SSSR count). The van der Waals surface area contributed by atoms with E-state index in [4.69, 9.17) is 9.79 Å². The predicted octanol–water partition coefficient (Wildman–Crippen LogP) is 1.50. The van der Waals surface area contributed by atoms with Crippen molar-refractivity contribution in [1.82, 2.24) is 0 Å². The smallest absolute Gasteiger partial charge is 0.321 e. The van der Waals surface area contributed by atoms with Crippen LogP contribution in [0.5, 0.6) is 0 Å². The van der Waals surface area contributed by atoms with E-state index in [0.717, 1.165) is 0 Å². The summed E-state index contributed by atoms with van der Waals surface area (Å²) >= 11 is 0. The third-order valence-electron chi connectivity index (χ3n) is 0.856. The fraction of sp³-hybridized carbons (Fsp3) is 0.200. The van der Waals surface area contributed by atoms with Gasteiger partial charge < -0.3 is 9.79 Å². The Morgan fingerprint density at radius 1 is 1.55 bits per heavy atom. The van der Waals surface area contributed by atoms with Crippen molar-refractivity contribution >= 4 is 7.60 Å². The molecule has 0 aliphatic carbocycles. The quantitative estimate of drug-likeness (QED) is 0.516. The lowest BCUT2D eigenvalue weighted by Gasteiger charge is -2.01. The topological polar surface area (TPSA) is 57.5 Å². The van der Waals surface area contributed by atoms with E-state index in [9.17, 15) is 13.3 Å². The zero-order valence-electron chi connectivity index (χ0n) is 5.44. The maximum Gasteiger partial charge on any atom is 0.356 e. The molecule has 0 aliphatic rings. The molecule has 0 spiro atoms. The third kappa shape index (κ3) is 4.03. The summed E-state index contributed by atoms with van der Waals surface area (Å²) in [6, 6.07) is 0. The summed E-state index contributed by atoms with van der Waals surface area (Å²) in [4.78, 5) is 16.8. The van der Waals surface area contributed by atoms with Crippen molar-refractivity contribution < 1.29 is 23.1 Å². The van der Waals surface area contributed by atoms with E-state index in [0.29, 0.717) is 12.2 Å².